The van der Waals surface area contributed by atoms with E-state index in [2.05, 4.69) is 29.8 Å². The zero-order chi connectivity index (χ0) is 20.9. The number of aromatic nitrogens is 7. The highest BCUT2D eigenvalue weighted by atomic mass is 16.5. The van der Waals surface area contributed by atoms with Gasteiger partial charge in [-0.3, -0.25) is 4.98 Å². The molecule has 0 N–H and O–H groups in total. The normalized spacial score (nSPS) is 16.5. The van der Waals surface area contributed by atoms with Gasteiger partial charge >= 0.3 is 6.01 Å². The number of rotatable bonds is 5. The average Bonchev–Trinajstić information content (AvgIpc) is 3.55. The number of nitrogens with zero attached hydrogens (tertiary/aromatic N) is 8. The predicted molar refractivity (Wildman–Crippen MR) is 115 cm³/mol. The van der Waals surface area contributed by atoms with Gasteiger partial charge in [-0.2, -0.15) is 5.10 Å². The first-order valence-corrected chi connectivity index (χ1v) is 10.5. The second kappa shape index (κ2) is 6.97. The average molecular weight is 414 g/mol. The maximum Gasteiger partial charge on any atom is 0.316 e. The van der Waals surface area contributed by atoms with Crippen molar-refractivity contribution in [2.45, 2.75) is 31.8 Å². The lowest BCUT2D eigenvalue weighted by Crippen LogP contribution is -2.54. The number of fused-ring (bicyclic) bond motifs is 1. The minimum absolute atomic E-state index is 0.0250. The molecule has 0 spiro atoms. The van der Waals surface area contributed by atoms with E-state index in [1.165, 1.54) is 18.4 Å². The molecule has 156 valence electrons. The molecule has 1 saturated heterocycles. The maximum absolute atomic E-state index is 5.97. The Hall–Kier alpha value is -3.62. The van der Waals surface area contributed by atoms with E-state index in [9.17, 15) is 0 Å². The summed E-state index contributed by atoms with van der Waals surface area (Å²) in [5, 5.41) is 5.67. The minimum atomic E-state index is 0.0250. The summed E-state index contributed by atoms with van der Waals surface area (Å²) in [6.45, 7) is 3.40. The largest absolute Gasteiger partial charge is 0.456 e. The molecular weight excluding hydrogens is 392 g/mol. The smallest absolute Gasteiger partial charge is 0.316 e. The molecule has 31 heavy (non-hydrogen) atoms. The van der Waals surface area contributed by atoms with Crippen molar-refractivity contribution >= 4 is 16.9 Å². The van der Waals surface area contributed by atoms with Crippen LogP contribution in [0.3, 0.4) is 0 Å². The molecule has 0 unspecified atom stereocenters. The van der Waals surface area contributed by atoms with Crippen LogP contribution in [-0.2, 0) is 7.05 Å². The van der Waals surface area contributed by atoms with E-state index >= 15 is 0 Å². The van der Waals surface area contributed by atoms with E-state index in [0.717, 1.165) is 33.8 Å². The number of pyridine rings is 1. The van der Waals surface area contributed by atoms with Crippen molar-refractivity contribution in [1.82, 2.24) is 34.7 Å². The molecule has 0 aromatic carbocycles. The monoisotopic (exact) mass is 414 g/mol. The third-order valence-corrected chi connectivity index (χ3v) is 5.98. The van der Waals surface area contributed by atoms with Crippen molar-refractivity contribution in [2.24, 2.45) is 7.05 Å². The zero-order valence-electron chi connectivity index (χ0n) is 17.4. The van der Waals surface area contributed by atoms with E-state index in [1.807, 2.05) is 38.5 Å². The van der Waals surface area contributed by atoms with Crippen LogP contribution in [0, 0.1) is 6.92 Å². The second-order valence-corrected chi connectivity index (χ2v) is 8.22. The van der Waals surface area contributed by atoms with Gasteiger partial charge in [0.15, 0.2) is 5.65 Å². The molecule has 1 aliphatic carbocycles. The fraction of sp³-hybridized carbons (Fsp3) is 0.364. The van der Waals surface area contributed by atoms with Crippen molar-refractivity contribution in [3.05, 3.63) is 48.3 Å². The van der Waals surface area contributed by atoms with Crippen molar-refractivity contribution in [3.63, 3.8) is 0 Å². The van der Waals surface area contributed by atoms with Gasteiger partial charge in [-0.05, 0) is 43.4 Å². The molecule has 0 bridgehead atoms. The fourth-order valence-electron chi connectivity index (χ4n) is 4.08. The van der Waals surface area contributed by atoms with Crippen molar-refractivity contribution in [3.8, 4) is 17.3 Å². The quantitative estimate of drug-likeness (QED) is 0.492. The van der Waals surface area contributed by atoms with Gasteiger partial charge in [-0.1, -0.05) is 0 Å². The van der Waals surface area contributed by atoms with E-state index in [-0.39, 0.29) is 6.10 Å². The molecule has 9 nitrogen and oxygen atoms in total. The van der Waals surface area contributed by atoms with Gasteiger partial charge in [0.1, 0.15) is 23.9 Å². The predicted octanol–water partition coefficient (Wildman–Crippen LogP) is 2.67. The van der Waals surface area contributed by atoms with E-state index < -0.39 is 0 Å². The molecule has 9 heteroatoms. The summed E-state index contributed by atoms with van der Waals surface area (Å²) in [6.07, 6.45) is 9.67. The van der Waals surface area contributed by atoms with E-state index in [0.29, 0.717) is 25.0 Å². The van der Waals surface area contributed by atoms with Crippen LogP contribution in [0.4, 0.5) is 5.82 Å². The lowest BCUT2D eigenvalue weighted by molar-refractivity contribution is 0.152. The topological polar surface area (TPSA) is 94.7 Å². The molecule has 1 saturated carbocycles. The molecule has 6 rings (SSSR count). The first kappa shape index (κ1) is 18.2. The van der Waals surface area contributed by atoms with Crippen LogP contribution < -0.4 is 9.64 Å². The van der Waals surface area contributed by atoms with Crippen molar-refractivity contribution < 1.29 is 4.74 Å². The Morgan fingerprint density at radius 1 is 1.03 bits per heavy atom. The summed E-state index contributed by atoms with van der Waals surface area (Å²) in [7, 11) is 1.90. The Labute approximate surface area is 179 Å². The first-order chi connectivity index (χ1) is 15.2. The zero-order valence-corrected chi connectivity index (χ0v) is 17.4. The lowest BCUT2D eigenvalue weighted by atomic mass is 10.1. The molecule has 2 aliphatic rings. The summed E-state index contributed by atoms with van der Waals surface area (Å²) in [5.41, 5.74) is 4.77. The van der Waals surface area contributed by atoms with Gasteiger partial charge in [0.05, 0.1) is 18.5 Å². The number of hydrogen-bond donors (Lipinski definition) is 0. The molecule has 0 radical (unpaired) electrons. The molecule has 0 amide bonds. The minimum Gasteiger partial charge on any atom is -0.456 e. The summed E-state index contributed by atoms with van der Waals surface area (Å²) < 4.78 is 7.77. The molecule has 4 aromatic rings. The fourth-order valence-corrected chi connectivity index (χ4v) is 4.08. The summed E-state index contributed by atoms with van der Waals surface area (Å²) in [6, 6.07) is 4.40. The van der Waals surface area contributed by atoms with Crippen molar-refractivity contribution in [2.75, 3.05) is 18.0 Å². The second-order valence-electron chi connectivity index (χ2n) is 8.22. The van der Waals surface area contributed by atoms with Gasteiger partial charge in [-0.25, -0.2) is 24.6 Å². The third kappa shape index (κ3) is 3.17. The van der Waals surface area contributed by atoms with Gasteiger partial charge in [0.25, 0.3) is 0 Å². The molecule has 0 atom stereocenters. The summed E-state index contributed by atoms with van der Waals surface area (Å²) >= 11 is 0. The maximum atomic E-state index is 5.97. The highest BCUT2D eigenvalue weighted by molar-refractivity contribution is 5.99. The number of hydrogen-bond acceptors (Lipinski definition) is 8. The van der Waals surface area contributed by atoms with Crippen LogP contribution in [0.1, 0.15) is 30.0 Å². The van der Waals surface area contributed by atoms with Gasteiger partial charge in [0.2, 0.25) is 0 Å². The lowest BCUT2D eigenvalue weighted by Gasteiger charge is -2.39. The number of ether oxygens (including phenoxy) is 1. The van der Waals surface area contributed by atoms with Crippen molar-refractivity contribution in [1.29, 1.82) is 0 Å². The molecular formula is C22H22N8O. The first-order valence-electron chi connectivity index (χ1n) is 10.5. The van der Waals surface area contributed by atoms with Crippen LogP contribution in [-0.4, -0.2) is 53.9 Å². The van der Waals surface area contributed by atoms with E-state index in [1.54, 1.807) is 17.2 Å². The number of anilines is 1. The van der Waals surface area contributed by atoms with Crippen LogP contribution >= 0.6 is 0 Å². The van der Waals surface area contributed by atoms with Gasteiger partial charge in [0, 0.05) is 36.9 Å². The molecule has 5 heterocycles. The molecule has 2 fully saturated rings. The third-order valence-electron chi connectivity index (χ3n) is 5.98. The summed E-state index contributed by atoms with van der Waals surface area (Å²) in [5.74, 6) is 1.51. The SMILES string of the molecule is Cc1ncccc1-c1nn(C)c2ncnc(N3CC(Oc4ncc(C5CC5)cn4)C3)c12. The highest BCUT2D eigenvalue weighted by Crippen LogP contribution is 2.39. The van der Waals surface area contributed by atoms with Crippen LogP contribution in [0.15, 0.2) is 37.1 Å². The van der Waals surface area contributed by atoms with Gasteiger partial charge in [-0.15, -0.1) is 0 Å². The van der Waals surface area contributed by atoms with Crippen LogP contribution in [0.25, 0.3) is 22.3 Å². The Balaban J connectivity index is 1.25. The Kier molecular flexibility index (Phi) is 4.09. The van der Waals surface area contributed by atoms with Crippen LogP contribution in [0.5, 0.6) is 6.01 Å². The highest BCUT2D eigenvalue weighted by Gasteiger charge is 2.33. The standard InChI is InChI=1S/C22H22N8O/c1-13-17(4-3-7-23-13)19-18-20(29(2)28-19)26-12-27-21(18)30-10-16(11-30)31-22-24-8-15(9-25-22)14-5-6-14/h3-4,7-9,12,14,16H,5-6,10-11H2,1-2H3. The Morgan fingerprint density at radius 3 is 2.58 bits per heavy atom. The van der Waals surface area contributed by atoms with E-state index in [4.69, 9.17) is 9.84 Å². The summed E-state index contributed by atoms with van der Waals surface area (Å²) in [4.78, 5) is 24.4. The van der Waals surface area contributed by atoms with Crippen LogP contribution in [0.2, 0.25) is 0 Å². The Bertz CT molecular complexity index is 1260. The number of aryl methyl sites for hydroxylation is 2. The Morgan fingerprint density at radius 2 is 1.84 bits per heavy atom. The van der Waals surface area contributed by atoms with Gasteiger partial charge < -0.3 is 9.64 Å². The molecule has 4 aromatic heterocycles. The molecule has 1 aliphatic heterocycles.